The second kappa shape index (κ2) is 3.98. The molecule has 0 saturated heterocycles. The Morgan fingerprint density at radius 2 is 2.15 bits per heavy atom. The smallest absolute Gasteiger partial charge is 0.224 e. The molecule has 1 rings (SSSR count). The normalized spacial score (nSPS) is 9.77. The van der Waals surface area contributed by atoms with E-state index in [9.17, 15) is 13.6 Å². The highest BCUT2D eigenvalue weighted by atomic mass is 19.1. The number of carbonyl (C=O) groups is 1. The van der Waals surface area contributed by atoms with Crippen LogP contribution in [-0.2, 0) is 4.79 Å². The lowest BCUT2D eigenvalue weighted by Gasteiger charge is -2.03. The molecule has 1 aromatic carbocycles. The molecular weight excluding hydrogens is 176 g/mol. The van der Waals surface area contributed by atoms with E-state index in [2.05, 4.69) is 5.32 Å². The van der Waals surface area contributed by atoms with E-state index in [1.807, 2.05) is 0 Å². The van der Waals surface area contributed by atoms with Crippen molar-refractivity contribution in [3.05, 3.63) is 29.8 Å². The van der Waals surface area contributed by atoms with Gasteiger partial charge in [0.05, 0.1) is 5.69 Å². The van der Waals surface area contributed by atoms with Gasteiger partial charge in [-0.3, -0.25) is 4.79 Å². The standard InChI is InChI=1S/C9H9F2NO/c1-2-9(13)12-8-4-3-6(10)5-7(8)11/h3-5H,2H2,1H3,(H,12,13). The molecule has 1 amide bonds. The van der Waals surface area contributed by atoms with Crippen molar-refractivity contribution in [1.29, 1.82) is 0 Å². The van der Waals surface area contributed by atoms with Crippen molar-refractivity contribution in [3.8, 4) is 0 Å². The van der Waals surface area contributed by atoms with Crippen LogP contribution in [0.15, 0.2) is 18.2 Å². The summed E-state index contributed by atoms with van der Waals surface area (Å²) in [4.78, 5) is 10.8. The van der Waals surface area contributed by atoms with Gasteiger partial charge in [0.1, 0.15) is 11.6 Å². The molecule has 70 valence electrons. The zero-order valence-corrected chi connectivity index (χ0v) is 7.10. The lowest BCUT2D eigenvalue weighted by molar-refractivity contribution is -0.115. The minimum absolute atomic E-state index is 0.00764. The molecule has 0 spiro atoms. The van der Waals surface area contributed by atoms with Crippen LogP contribution in [0, 0.1) is 11.6 Å². The molecule has 13 heavy (non-hydrogen) atoms. The van der Waals surface area contributed by atoms with Crippen LogP contribution in [-0.4, -0.2) is 5.91 Å². The minimum Gasteiger partial charge on any atom is -0.324 e. The number of hydrogen-bond acceptors (Lipinski definition) is 1. The molecule has 4 heteroatoms. The summed E-state index contributed by atoms with van der Waals surface area (Å²) >= 11 is 0. The first-order valence-corrected chi connectivity index (χ1v) is 3.88. The maximum atomic E-state index is 12.9. The Kier molecular flexibility index (Phi) is 2.95. The highest BCUT2D eigenvalue weighted by Crippen LogP contribution is 2.14. The number of amides is 1. The summed E-state index contributed by atoms with van der Waals surface area (Å²) in [5.74, 6) is -1.72. The number of hydrogen-bond donors (Lipinski definition) is 1. The molecule has 0 unspecified atom stereocenters. The van der Waals surface area contributed by atoms with E-state index in [4.69, 9.17) is 0 Å². The van der Waals surface area contributed by atoms with Crippen LogP contribution in [0.25, 0.3) is 0 Å². The monoisotopic (exact) mass is 185 g/mol. The van der Waals surface area contributed by atoms with Gasteiger partial charge in [-0.25, -0.2) is 8.78 Å². The molecule has 0 saturated carbocycles. The molecule has 0 bridgehead atoms. The zero-order valence-electron chi connectivity index (χ0n) is 7.10. The molecule has 0 atom stereocenters. The molecule has 0 heterocycles. The van der Waals surface area contributed by atoms with Gasteiger partial charge in [0.25, 0.3) is 0 Å². The number of nitrogens with one attached hydrogen (secondary N) is 1. The molecular formula is C9H9F2NO. The van der Waals surface area contributed by atoms with Crippen LogP contribution in [0.1, 0.15) is 13.3 Å². The van der Waals surface area contributed by atoms with E-state index in [1.54, 1.807) is 6.92 Å². The summed E-state index contributed by atoms with van der Waals surface area (Å²) in [5, 5.41) is 2.31. The Hall–Kier alpha value is -1.45. The third kappa shape index (κ3) is 2.50. The third-order valence-corrected chi connectivity index (χ3v) is 1.53. The lowest BCUT2D eigenvalue weighted by atomic mass is 10.3. The molecule has 1 aromatic rings. The Morgan fingerprint density at radius 1 is 1.46 bits per heavy atom. The summed E-state index contributed by atoms with van der Waals surface area (Å²) in [6.07, 6.45) is 0.261. The van der Waals surface area contributed by atoms with Crippen molar-refractivity contribution < 1.29 is 13.6 Å². The van der Waals surface area contributed by atoms with Gasteiger partial charge in [-0.1, -0.05) is 6.92 Å². The van der Waals surface area contributed by atoms with E-state index in [-0.39, 0.29) is 18.0 Å². The topological polar surface area (TPSA) is 29.1 Å². The summed E-state index contributed by atoms with van der Waals surface area (Å²) in [6.45, 7) is 1.65. The largest absolute Gasteiger partial charge is 0.324 e. The fraction of sp³-hybridized carbons (Fsp3) is 0.222. The highest BCUT2D eigenvalue weighted by molar-refractivity contribution is 5.90. The first-order chi connectivity index (χ1) is 6.13. The summed E-state index contributed by atoms with van der Waals surface area (Å²) < 4.78 is 25.3. The van der Waals surface area contributed by atoms with Crippen molar-refractivity contribution in [3.63, 3.8) is 0 Å². The first-order valence-electron chi connectivity index (χ1n) is 3.88. The second-order valence-corrected chi connectivity index (χ2v) is 2.53. The van der Waals surface area contributed by atoms with E-state index in [1.165, 1.54) is 6.07 Å². The van der Waals surface area contributed by atoms with Crippen LogP contribution in [0.4, 0.5) is 14.5 Å². The molecule has 1 N–H and O–H groups in total. The molecule has 0 aliphatic heterocycles. The average molecular weight is 185 g/mol. The third-order valence-electron chi connectivity index (χ3n) is 1.53. The maximum Gasteiger partial charge on any atom is 0.224 e. The van der Waals surface area contributed by atoms with Gasteiger partial charge in [-0.15, -0.1) is 0 Å². The molecule has 2 nitrogen and oxygen atoms in total. The molecule has 0 aliphatic rings. The SMILES string of the molecule is CCC(=O)Nc1ccc(F)cc1F. The van der Waals surface area contributed by atoms with E-state index < -0.39 is 11.6 Å². The summed E-state index contributed by atoms with van der Waals surface area (Å²) in [5.41, 5.74) is 0.00764. The highest BCUT2D eigenvalue weighted by Gasteiger charge is 2.05. The van der Waals surface area contributed by atoms with Crippen LogP contribution in [0.3, 0.4) is 0 Å². The lowest BCUT2D eigenvalue weighted by Crippen LogP contribution is -2.10. The van der Waals surface area contributed by atoms with E-state index in [0.717, 1.165) is 12.1 Å². The van der Waals surface area contributed by atoms with Gasteiger partial charge < -0.3 is 5.32 Å². The number of halogens is 2. The van der Waals surface area contributed by atoms with E-state index >= 15 is 0 Å². The van der Waals surface area contributed by atoms with Gasteiger partial charge >= 0.3 is 0 Å². The average Bonchev–Trinajstić information content (AvgIpc) is 2.09. The van der Waals surface area contributed by atoms with Crippen molar-refractivity contribution in [2.45, 2.75) is 13.3 Å². The van der Waals surface area contributed by atoms with Gasteiger partial charge in [0, 0.05) is 12.5 Å². The number of rotatable bonds is 2. The summed E-state index contributed by atoms with van der Waals surface area (Å²) in [7, 11) is 0. The van der Waals surface area contributed by atoms with Crippen molar-refractivity contribution in [2.75, 3.05) is 5.32 Å². The van der Waals surface area contributed by atoms with Gasteiger partial charge in [0.2, 0.25) is 5.91 Å². The quantitative estimate of drug-likeness (QED) is 0.752. The minimum atomic E-state index is -0.762. The first kappa shape index (κ1) is 9.64. The molecule has 0 radical (unpaired) electrons. The van der Waals surface area contributed by atoms with Crippen LogP contribution < -0.4 is 5.32 Å². The van der Waals surface area contributed by atoms with Crippen LogP contribution in [0.5, 0.6) is 0 Å². The van der Waals surface area contributed by atoms with Crippen LogP contribution in [0.2, 0.25) is 0 Å². The molecule has 0 aliphatic carbocycles. The second-order valence-electron chi connectivity index (χ2n) is 2.53. The maximum absolute atomic E-state index is 12.9. The Balaban J connectivity index is 2.83. The van der Waals surface area contributed by atoms with Crippen molar-refractivity contribution >= 4 is 11.6 Å². The van der Waals surface area contributed by atoms with Gasteiger partial charge in [0.15, 0.2) is 0 Å². The van der Waals surface area contributed by atoms with Crippen molar-refractivity contribution in [1.82, 2.24) is 0 Å². The number of anilines is 1. The fourth-order valence-electron chi connectivity index (χ4n) is 0.829. The predicted molar refractivity (Wildman–Crippen MR) is 45.3 cm³/mol. The molecule has 0 fully saturated rings. The predicted octanol–water partition coefficient (Wildman–Crippen LogP) is 2.31. The van der Waals surface area contributed by atoms with E-state index in [0.29, 0.717) is 0 Å². The number of carbonyl (C=O) groups excluding carboxylic acids is 1. The number of benzene rings is 1. The van der Waals surface area contributed by atoms with Crippen LogP contribution >= 0.6 is 0 Å². The zero-order chi connectivity index (χ0) is 9.84. The summed E-state index contributed by atoms with van der Waals surface area (Å²) in [6, 6.07) is 3.01. The Morgan fingerprint density at radius 3 is 2.69 bits per heavy atom. The molecule has 0 aromatic heterocycles. The van der Waals surface area contributed by atoms with Gasteiger partial charge in [-0.2, -0.15) is 0 Å². The fourth-order valence-corrected chi connectivity index (χ4v) is 0.829. The van der Waals surface area contributed by atoms with Crippen molar-refractivity contribution in [2.24, 2.45) is 0 Å². The Labute approximate surface area is 74.6 Å². The van der Waals surface area contributed by atoms with Gasteiger partial charge in [-0.05, 0) is 12.1 Å². The Bertz CT molecular complexity index is 325.